The molecule has 2 nitrogen and oxygen atoms in total. The van der Waals surface area contributed by atoms with Crippen LogP contribution in [0.15, 0.2) is 18.2 Å². The Morgan fingerprint density at radius 1 is 1.38 bits per heavy atom. The molecule has 0 aromatic heterocycles. The van der Waals surface area contributed by atoms with Gasteiger partial charge in [-0.3, -0.25) is 0 Å². The quantitative estimate of drug-likeness (QED) is 0.686. The van der Waals surface area contributed by atoms with E-state index < -0.39 is 11.6 Å². The van der Waals surface area contributed by atoms with Crippen LogP contribution in [0.5, 0.6) is 0 Å². The molecule has 4 heteroatoms. The van der Waals surface area contributed by atoms with Crippen LogP contribution < -0.4 is 5.73 Å². The average Bonchev–Trinajstić information content (AvgIpc) is 2.12. The lowest BCUT2D eigenvalue weighted by atomic mass is 10.1. The highest BCUT2D eigenvalue weighted by molar-refractivity contribution is 5.57. The van der Waals surface area contributed by atoms with E-state index in [0.29, 0.717) is 0 Å². The molecule has 0 aliphatic carbocycles. The van der Waals surface area contributed by atoms with Crippen LogP contribution in [0.1, 0.15) is 5.56 Å². The molecule has 0 fully saturated rings. The number of aliphatic hydroxyl groups excluding tert-OH is 1. The van der Waals surface area contributed by atoms with Crippen LogP contribution in [0, 0.1) is 11.6 Å². The Labute approximate surface area is 74.3 Å². The topological polar surface area (TPSA) is 46.2 Å². The van der Waals surface area contributed by atoms with Crippen molar-refractivity contribution in [3.05, 3.63) is 35.4 Å². The zero-order valence-electron chi connectivity index (χ0n) is 6.80. The van der Waals surface area contributed by atoms with Crippen LogP contribution in [0.25, 0.3) is 6.08 Å². The fourth-order valence-electron chi connectivity index (χ4n) is 0.910. The molecular formula is C9H9F2NO. The predicted molar refractivity (Wildman–Crippen MR) is 46.9 cm³/mol. The predicted octanol–water partition coefficient (Wildman–Crippen LogP) is 1.55. The van der Waals surface area contributed by atoms with Gasteiger partial charge in [-0.2, -0.15) is 0 Å². The first kappa shape index (κ1) is 9.67. The molecule has 0 atom stereocenters. The van der Waals surface area contributed by atoms with Gasteiger partial charge in [0, 0.05) is 5.56 Å². The lowest BCUT2D eigenvalue weighted by Gasteiger charge is -2.01. The number of nitrogens with two attached hydrogens (primary N) is 1. The number of nitrogen functional groups attached to an aromatic ring is 1. The van der Waals surface area contributed by atoms with Crippen LogP contribution in [-0.4, -0.2) is 11.7 Å². The van der Waals surface area contributed by atoms with E-state index in [1.165, 1.54) is 6.08 Å². The third-order valence-corrected chi connectivity index (χ3v) is 1.55. The molecule has 0 saturated heterocycles. The summed E-state index contributed by atoms with van der Waals surface area (Å²) < 4.78 is 26.0. The SMILES string of the molecule is Nc1ccc(F)c(C=CCO)c1F. The van der Waals surface area contributed by atoms with Gasteiger partial charge in [-0.1, -0.05) is 12.2 Å². The van der Waals surface area contributed by atoms with Gasteiger partial charge in [0.1, 0.15) is 5.82 Å². The third-order valence-electron chi connectivity index (χ3n) is 1.55. The summed E-state index contributed by atoms with van der Waals surface area (Å²) in [6, 6.07) is 2.23. The van der Waals surface area contributed by atoms with Crippen LogP contribution in [0.3, 0.4) is 0 Å². The summed E-state index contributed by atoms with van der Waals surface area (Å²) in [5, 5.41) is 8.42. The molecule has 0 amide bonds. The molecule has 0 spiro atoms. The molecule has 3 N–H and O–H groups in total. The van der Waals surface area contributed by atoms with Crippen molar-refractivity contribution >= 4 is 11.8 Å². The highest BCUT2D eigenvalue weighted by Crippen LogP contribution is 2.19. The molecule has 0 aliphatic heterocycles. The Balaban J connectivity index is 3.17. The minimum absolute atomic E-state index is 0.112. The summed E-state index contributed by atoms with van der Waals surface area (Å²) in [4.78, 5) is 0. The number of rotatable bonds is 2. The number of hydrogen-bond acceptors (Lipinski definition) is 2. The monoisotopic (exact) mass is 185 g/mol. The van der Waals surface area contributed by atoms with Crippen molar-refractivity contribution in [2.24, 2.45) is 0 Å². The Morgan fingerprint density at radius 2 is 2.08 bits per heavy atom. The second-order valence-electron chi connectivity index (χ2n) is 2.45. The number of benzene rings is 1. The summed E-state index contributed by atoms with van der Waals surface area (Å²) >= 11 is 0. The van der Waals surface area contributed by atoms with Gasteiger partial charge < -0.3 is 10.8 Å². The van der Waals surface area contributed by atoms with E-state index >= 15 is 0 Å². The van der Waals surface area contributed by atoms with Gasteiger partial charge in [-0.05, 0) is 12.1 Å². The zero-order valence-corrected chi connectivity index (χ0v) is 6.80. The summed E-state index contributed by atoms with van der Waals surface area (Å²) in [5.41, 5.74) is 4.88. The summed E-state index contributed by atoms with van der Waals surface area (Å²) in [5.74, 6) is -1.50. The minimum atomic E-state index is -0.801. The van der Waals surface area contributed by atoms with Crippen molar-refractivity contribution in [2.75, 3.05) is 12.3 Å². The van der Waals surface area contributed by atoms with Crippen LogP contribution in [-0.2, 0) is 0 Å². The average molecular weight is 185 g/mol. The van der Waals surface area contributed by atoms with Crippen LogP contribution in [0.2, 0.25) is 0 Å². The molecule has 1 rings (SSSR count). The van der Waals surface area contributed by atoms with E-state index in [2.05, 4.69) is 0 Å². The fraction of sp³-hybridized carbons (Fsp3) is 0.111. The van der Waals surface area contributed by atoms with Gasteiger partial charge in [-0.15, -0.1) is 0 Å². The van der Waals surface area contributed by atoms with E-state index in [9.17, 15) is 8.78 Å². The number of aliphatic hydroxyl groups is 1. The largest absolute Gasteiger partial charge is 0.396 e. The van der Waals surface area contributed by atoms with E-state index in [0.717, 1.165) is 18.2 Å². The van der Waals surface area contributed by atoms with Crippen molar-refractivity contribution in [3.63, 3.8) is 0 Å². The van der Waals surface area contributed by atoms with Gasteiger partial charge in [0.2, 0.25) is 0 Å². The summed E-state index contributed by atoms with van der Waals surface area (Å²) in [6.07, 6.45) is 2.39. The highest BCUT2D eigenvalue weighted by atomic mass is 19.1. The molecule has 0 radical (unpaired) electrons. The molecule has 13 heavy (non-hydrogen) atoms. The Kier molecular flexibility index (Phi) is 2.97. The fourth-order valence-corrected chi connectivity index (χ4v) is 0.910. The second-order valence-corrected chi connectivity index (χ2v) is 2.45. The highest BCUT2D eigenvalue weighted by Gasteiger charge is 2.08. The van der Waals surface area contributed by atoms with Crippen molar-refractivity contribution < 1.29 is 13.9 Å². The van der Waals surface area contributed by atoms with E-state index in [1.54, 1.807) is 0 Å². The molecular weight excluding hydrogens is 176 g/mol. The van der Waals surface area contributed by atoms with Gasteiger partial charge in [0.15, 0.2) is 5.82 Å². The molecule has 0 aliphatic rings. The number of halogens is 2. The second kappa shape index (κ2) is 4.00. The molecule has 0 unspecified atom stereocenters. The van der Waals surface area contributed by atoms with Crippen LogP contribution in [0.4, 0.5) is 14.5 Å². The van der Waals surface area contributed by atoms with Crippen molar-refractivity contribution in [3.8, 4) is 0 Å². The smallest absolute Gasteiger partial charge is 0.156 e. The lowest BCUT2D eigenvalue weighted by Crippen LogP contribution is -1.96. The molecule has 70 valence electrons. The van der Waals surface area contributed by atoms with Gasteiger partial charge in [-0.25, -0.2) is 8.78 Å². The van der Waals surface area contributed by atoms with Gasteiger partial charge >= 0.3 is 0 Å². The molecule has 0 saturated carbocycles. The number of hydrogen-bond donors (Lipinski definition) is 2. The maximum atomic E-state index is 13.1. The standard InChI is InChI=1S/C9H9F2NO/c10-7-3-4-8(12)9(11)6(7)2-1-5-13/h1-4,13H,5,12H2. The number of anilines is 1. The molecule has 1 aromatic carbocycles. The maximum absolute atomic E-state index is 13.1. The third kappa shape index (κ3) is 2.03. The van der Waals surface area contributed by atoms with E-state index in [1.807, 2.05) is 0 Å². The van der Waals surface area contributed by atoms with Gasteiger partial charge in [0.05, 0.1) is 12.3 Å². The van der Waals surface area contributed by atoms with E-state index in [4.69, 9.17) is 10.8 Å². The normalized spacial score (nSPS) is 11.0. The summed E-state index contributed by atoms with van der Waals surface area (Å²) in [7, 11) is 0. The van der Waals surface area contributed by atoms with E-state index in [-0.39, 0.29) is 17.9 Å². The lowest BCUT2D eigenvalue weighted by molar-refractivity contribution is 0.343. The van der Waals surface area contributed by atoms with Crippen molar-refractivity contribution in [1.29, 1.82) is 0 Å². The first-order valence-electron chi connectivity index (χ1n) is 3.67. The molecule has 0 heterocycles. The minimum Gasteiger partial charge on any atom is -0.396 e. The van der Waals surface area contributed by atoms with Crippen molar-refractivity contribution in [2.45, 2.75) is 0 Å². The molecule has 1 aromatic rings. The maximum Gasteiger partial charge on any atom is 0.156 e. The van der Waals surface area contributed by atoms with Crippen molar-refractivity contribution in [1.82, 2.24) is 0 Å². The Morgan fingerprint density at radius 3 is 2.69 bits per heavy atom. The first-order valence-corrected chi connectivity index (χ1v) is 3.67. The summed E-state index contributed by atoms with van der Waals surface area (Å²) in [6.45, 7) is -0.270. The van der Waals surface area contributed by atoms with Crippen LogP contribution >= 0.6 is 0 Å². The zero-order chi connectivity index (χ0) is 9.84. The first-order chi connectivity index (χ1) is 6.16. The Bertz CT molecular complexity index is 337. The van der Waals surface area contributed by atoms with Gasteiger partial charge in [0.25, 0.3) is 0 Å². The Hall–Kier alpha value is -1.42. The molecule has 0 bridgehead atoms.